The van der Waals surface area contributed by atoms with Crippen LogP contribution >= 0.6 is 0 Å². The van der Waals surface area contributed by atoms with E-state index < -0.39 is 0 Å². The minimum Gasteiger partial charge on any atom is -0.293 e. The molecule has 0 bridgehead atoms. The Kier molecular flexibility index (Phi) is 4.23. The van der Waals surface area contributed by atoms with Crippen LogP contribution in [0.5, 0.6) is 0 Å². The molecule has 0 aromatic heterocycles. The highest BCUT2D eigenvalue weighted by molar-refractivity contribution is 4.99. The van der Waals surface area contributed by atoms with Gasteiger partial charge in [-0.2, -0.15) is 0 Å². The summed E-state index contributed by atoms with van der Waals surface area (Å²) in [6.45, 7) is 10.6. The highest BCUT2D eigenvalue weighted by Gasteiger charge is 2.17. The third-order valence-electron chi connectivity index (χ3n) is 2.67. The first-order valence-corrected chi connectivity index (χ1v) is 5.24. The molecule has 1 unspecified atom stereocenters. The van der Waals surface area contributed by atoms with Crippen LogP contribution in [0.4, 0.5) is 0 Å². The van der Waals surface area contributed by atoms with E-state index in [1.165, 1.54) is 31.4 Å². The number of nitrogens with zero attached hydrogens (tertiary/aromatic N) is 1. The first kappa shape index (κ1) is 10.5. The fourth-order valence-corrected chi connectivity index (χ4v) is 1.81. The van der Waals surface area contributed by atoms with Crippen LogP contribution < -0.4 is 0 Å². The lowest BCUT2D eigenvalue weighted by Crippen LogP contribution is -2.38. The monoisotopic (exact) mass is 179 g/mol. The third-order valence-corrected chi connectivity index (χ3v) is 2.67. The Bertz CT molecular complexity index is 189. The van der Waals surface area contributed by atoms with Gasteiger partial charge in [0.05, 0.1) is 0 Å². The van der Waals surface area contributed by atoms with Crippen molar-refractivity contribution in [1.29, 1.82) is 0 Å². The van der Waals surface area contributed by atoms with Crippen molar-refractivity contribution >= 4 is 0 Å². The van der Waals surface area contributed by atoms with E-state index in [-0.39, 0.29) is 0 Å². The van der Waals surface area contributed by atoms with Crippen LogP contribution in [0, 0.1) is 0 Å². The fraction of sp³-hybridized carbons (Fsp3) is 0.667. The Morgan fingerprint density at radius 3 is 2.85 bits per heavy atom. The maximum atomic E-state index is 3.90. The van der Waals surface area contributed by atoms with Gasteiger partial charge in [0.25, 0.3) is 0 Å². The predicted octanol–water partition coefficient (Wildman–Crippen LogP) is 2.99. The van der Waals surface area contributed by atoms with E-state index in [9.17, 15) is 0 Å². The van der Waals surface area contributed by atoms with Gasteiger partial charge in [-0.25, -0.2) is 0 Å². The topological polar surface area (TPSA) is 3.24 Å². The van der Waals surface area contributed by atoms with Crippen LogP contribution in [0.3, 0.4) is 0 Å². The van der Waals surface area contributed by atoms with Gasteiger partial charge < -0.3 is 0 Å². The number of hydrogen-bond donors (Lipinski definition) is 0. The predicted molar refractivity (Wildman–Crippen MR) is 58.8 cm³/mol. The zero-order chi connectivity index (χ0) is 9.68. The summed E-state index contributed by atoms with van der Waals surface area (Å²) in [4.78, 5) is 2.52. The van der Waals surface area contributed by atoms with E-state index in [0.717, 1.165) is 6.54 Å². The molecule has 1 atom stereocenters. The van der Waals surface area contributed by atoms with Gasteiger partial charge in [-0.3, -0.25) is 4.90 Å². The molecule has 1 heterocycles. The minimum absolute atomic E-state index is 0.615. The molecule has 0 aromatic carbocycles. The van der Waals surface area contributed by atoms with E-state index in [2.05, 4.69) is 37.5 Å². The van der Waals surface area contributed by atoms with Crippen LogP contribution in [0.2, 0.25) is 0 Å². The second kappa shape index (κ2) is 5.23. The molecule has 1 aliphatic heterocycles. The van der Waals surface area contributed by atoms with Gasteiger partial charge >= 0.3 is 0 Å². The summed E-state index contributed by atoms with van der Waals surface area (Å²) in [6.07, 6.45) is 8.41. The lowest BCUT2D eigenvalue weighted by molar-refractivity contribution is 0.199. The van der Waals surface area contributed by atoms with E-state index in [0.29, 0.717) is 6.04 Å². The average Bonchev–Trinajstić information content (AvgIpc) is 2.15. The van der Waals surface area contributed by atoms with Crippen molar-refractivity contribution in [2.24, 2.45) is 0 Å². The molecule has 0 aromatic rings. The van der Waals surface area contributed by atoms with Crippen molar-refractivity contribution in [3.05, 3.63) is 24.3 Å². The van der Waals surface area contributed by atoms with Gasteiger partial charge in [-0.05, 0) is 33.2 Å². The molecule has 0 aliphatic carbocycles. The maximum absolute atomic E-state index is 3.90. The lowest BCUT2D eigenvalue weighted by Gasteiger charge is -2.32. The molecule has 1 aliphatic rings. The Morgan fingerprint density at radius 2 is 2.23 bits per heavy atom. The van der Waals surface area contributed by atoms with Gasteiger partial charge in [-0.15, -0.1) is 6.58 Å². The molecule has 1 heteroatoms. The van der Waals surface area contributed by atoms with Gasteiger partial charge in [0, 0.05) is 12.6 Å². The van der Waals surface area contributed by atoms with Crippen molar-refractivity contribution in [3.8, 4) is 0 Å². The highest BCUT2D eigenvalue weighted by atomic mass is 15.1. The molecular formula is C12H21N. The second-order valence-electron chi connectivity index (χ2n) is 4.08. The van der Waals surface area contributed by atoms with Crippen molar-refractivity contribution in [2.45, 2.75) is 39.2 Å². The average molecular weight is 179 g/mol. The van der Waals surface area contributed by atoms with Crippen LogP contribution in [0.1, 0.15) is 33.1 Å². The summed E-state index contributed by atoms with van der Waals surface area (Å²) < 4.78 is 0. The van der Waals surface area contributed by atoms with Crippen LogP contribution in [-0.2, 0) is 0 Å². The minimum atomic E-state index is 0.615. The number of rotatable bonds is 3. The Labute approximate surface area is 82.1 Å². The van der Waals surface area contributed by atoms with Crippen molar-refractivity contribution in [1.82, 2.24) is 4.90 Å². The summed E-state index contributed by atoms with van der Waals surface area (Å²) in [5, 5.41) is 0. The van der Waals surface area contributed by atoms with Crippen molar-refractivity contribution in [2.75, 3.05) is 13.1 Å². The smallest absolute Gasteiger partial charge is 0.0278 e. The molecule has 0 N–H and O–H groups in total. The number of piperidine rings is 1. The van der Waals surface area contributed by atoms with Gasteiger partial charge in [0.1, 0.15) is 0 Å². The summed E-state index contributed by atoms with van der Waals surface area (Å²) in [7, 11) is 0. The molecule has 1 saturated heterocycles. The number of allylic oxidation sites excluding steroid dienone is 1. The normalized spacial score (nSPS) is 24.0. The molecule has 13 heavy (non-hydrogen) atoms. The molecule has 74 valence electrons. The second-order valence-corrected chi connectivity index (χ2v) is 4.08. The van der Waals surface area contributed by atoms with E-state index in [4.69, 9.17) is 0 Å². The van der Waals surface area contributed by atoms with E-state index in [1.54, 1.807) is 0 Å². The molecule has 0 amide bonds. The lowest BCUT2D eigenvalue weighted by atomic mass is 10.0. The first-order chi connectivity index (χ1) is 6.24. The molecule has 1 rings (SSSR count). The van der Waals surface area contributed by atoms with Crippen molar-refractivity contribution < 1.29 is 0 Å². The maximum Gasteiger partial charge on any atom is 0.0278 e. The molecule has 0 radical (unpaired) electrons. The Hall–Kier alpha value is -0.560. The first-order valence-electron chi connectivity index (χ1n) is 5.24. The molecule has 0 spiro atoms. The van der Waals surface area contributed by atoms with Crippen molar-refractivity contribution in [3.63, 3.8) is 0 Å². The standard InChI is InChI=1S/C12H21N/c1-4-12-7-5-6-9-13(12)10-8-11(2)3/h4,8,12H,1,5-7,9-10H2,2-3H3. The Balaban J connectivity index is 2.45. The molecule has 0 saturated carbocycles. The quantitative estimate of drug-likeness (QED) is 0.602. The zero-order valence-corrected chi connectivity index (χ0v) is 8.92. The molecule has 1 fully saturated rings. The van der Waals surface area contributed by atoms with E-state index in [1.807, 2.05) is 0 Å². The summed E-state index contributed by atoms with van der Waals surface area (Å²) >= 11 is 0. The van der Waals surface area contributed by atoms with Crippen LogP contribution in [-0.4, -0.2) is 24.0 Å². The summed E-state index contributed by atoms with van der Waals surface area (Å²) in [6, 6.07) is 0.615. The highest BCUT2D eigenvalue weighted by Crippen LogP contribution is 2.17. The molecule has 1 nitrogen and oxygen atoms in total. The zero-order valence-electron chi connectivity index (χ0n) is 8.92. The summed E-state index contributed by atoms with van der Waals surface area (Å²) in [5.74, 6) is 0. The van der Waals surface area contributed by atoms with Gasteiger partial charge in [0.2, 0.25) is 0 Å². The summed E-state index contributed by atoms with van der Waals surface area (Å²) in [5.41, 5.74) is 1.41. The van der Waals surface area contributed by atoms with Gasteiger partial charge in [0.15, 0.2) is 0 Å². The SMILES string of the molecule is C=CC1CCCCN1CC=C(C)C. The Morgan fingerprint density at radius 1 is 1.46 bits per heavy atom. The number of hydrogen-bond acceptors (Lipinski definition) is 1. The van der Waals surface area contributed by atoms with Crippen LogP contribution in [0.25, 0.3) is 0 Å². The van der Waals surface area contributed by atoms with E-state index >= 15 is 0 Å². The molecular weight excluding hydrogens is 158 g/mol. The number of likely N-dealkylation sites (tertiary alicyclic amines) is 1. The fourth-order valence-electron chi connectivity index (χ4n) is 1.81. The third kappa shape index (κ3) is 3.35. The largest absolute Gasteiger partial charge is 0.293 e. The van der Waals surface area contributed by atoms with Crippen LogP contribution in [0.15, 0.2) is 24.3 Å². The van der Waals surface area contributed by atoms with Gasteiger partial charge in [-0.1, -0.05) is 24.1 Å².